The average Bonchev–Trinajstić information content (AvgIpc) is 3.20. The molecule has 0 atom stereocenters. The molecule has 3 N–H and O–H groups in total. The highest BCUT2D eigenvalue weighted by atomic mass is 35.5. The van der Waals surface area contributed by atoms with E-state index in [4.69, 9.17) is 33.9 Å². The summed E-state index contributed by atoms with van der Waals surface area (Å²) < 4.78 is 0. The second kappa shape index (κ2) is 9.47. The molecule has 34 heavy (non-hydrogen) atoms. The Morgan fingerprint density at radius 1 is 0.882 bits per heavy atom. The van der Waals surface area contributed by atoms with Gasteiger partial charge in [-0.15, -0.1) is 11.3 Å². The number of halogens is 2. The maximum Gasteiger partial charge on any atom is 0.263 e. The minimum atomic E-state index is -0.223. The van der Waals surface area contributed by atoms with Crippen LogP contribution in [0.3, 0.4) is 0 Å². The molecule has 0 radical (unpaired) electrons. The molecule has 4 nitrogen and oxygen atoms in total. The molecular formula is C27H19Cl2N3OS. The predicted molar refractivity (Wildman–Crippen MR) is 143 cm³/mol. The van der Waals surface area contributed by atoms with Crippen LogP contribution < -0.4 is 11.1 Å². The van der Waals surface area contributed by atoms with Gasteiger partial charge >= 0.3 is 0 Å². The minimum Gasteiger partial charge on any atom is -0.397 e. The van der Waals surface area contributed by atoms with Crippen molar-refractivity contribution in [2.24, 2.45) is 0 Å². The van der Waals surface area contributed by atoms with Crippen molar-refractivity contribution < 1.29 is 4.79 Å². The summed E-state index contributed by atoms with van der Waals surface area (Å²) in [5, 5.41) is 5.02. The number of thiophene rings is 1. The lowest BCUT2D eigenvalue weighted by Crippen LogP contribution is -2.22. The highest BCUT2D eigenvalue weighted by Crippen LogP contribution is 2.41. The van der Waals surface area contributed by atoms with Gasteiger partial charge < -0.3 is 11.1 Å². The van der Waals surface area contributed by atoms with E-state index >= 15 is 0 Å². The van der Waals surface area contributed by atoms with E-state index in [2.05, 4.69) is 5.32 Å². The van der Waals surface area contributed by atoms with Crippen molar-refractivity contribution in [2.45, 2.75) is 6.54 Å². The number of nitrogens with two attached hydrogens (primary N) is 1. The fraction of sp³-hybridized carbons (Fsp3) is 0.0370. The molecule has 2 aromatic heterocycles. The largest absolute Gasteiger partial charge is 0.397 e. The zero-order valence-corrected chi connectivity index (χ0v) is 20.2. The summed E-state index contributed by atoms with van der Waals surface area (Å²) >= 11 is 13.5. The van der Waals surface area contributed by atoms with Gasteiger partial charge in [0.1, 0.15) is 9.71 Å². The standard InChI is InChI=1S/C27H19Cl2N3OS/c28-19-10-6-17(7-11-19)21-14-22(18-8-12-20(29)13-9-18)32-27-23(21)24(30)25(34-27)26(33)31-15-16-4-2-1-3-5-16/h1-14H,15,30H2,(H,31,33). The topological polar surface area (TPSA) is 68.0 Å². The Hall–Kier alpha value is -3.38. The number of anilines is 1. The lowest BCUT2D eigenvalue weighted by Gasteiger charge is -2.09. The van der Waals surface area contributed by atoms with E-state index in [9.17, 15) is 4.79 Å². The van der Waals surface area contributed by atoms with Crippen molar-refractivity contribution in [3.05, 3.63) is 105 Å². The first-order valence-corrected chi connectivity index (χ1v) is 12.1. The molecular weight excluding hydrogens is 485 g/mol. The summed E-state index contributed by atoms with van der Waals surface area (Å²) in [6, 6.07) is 26.8. The fourth-order valence-corrected chi connectivity index (χ4v) is 5.06. The Labute approximate surface area is 211 Å². The first-order valence-electron chi connectivity index (χ1n) is 10.6. The van der Waals surface area contributed by atoms with Gasteiger partial charge in [0.05, 0.1) is 11.4 Å². The highest BCUT2D eigenvalue weighted by Gasteiger charge is 2.21. The number of nitrogens with zero attached hydrogens (tertiary/aromatic N) is 1. The van der Waals surface area contributed by atoms with Gasteiger partial charge in [-0.2, -0.15) is 0 Å². The van der Waals surface area contributed by atoms with Crippen LogP contribution in [-0.4, -0.2) is 10.9 Å². The molecule has 2 heterocycles. The van der Waals surface area contributed by atoms with E-state index in [0.29, 0.717) is 32.0 Å². The van der Waals surface area contributed by atoms with Gasteiger partial charge in [-0.25, -0.2) is 4.98 Å². The first-order chi connectivity index (χ1) is 16.5. The van der Waals surface area contributed by atoms with Crippen molar-refractivity contribution in [3.63, 3.8) is 0 Å². The third kappa shape index (κ3) is 4.50. The number of benzene rings is 3. The highest BCUT2D eigenvalue weighted by molar-refractivity contribution is 7.21. The maximum atomic E-state index is 13.1. The number of amides is 1. The van der Waals surface area contributed by atoms with Crippen LogP contribution in [0, 0.1) is 0 Å². The zero-order valence-electron chi connectivity index (χ0n) is 17.9. The third-order valence-corrected chi connectivity index (χ3v) is 7.10. The Morgan fingerprint density at radius 2 is 1.50 bits per heavy atom. The van der Waals surface area contributed by atoms with Gasteiger partial charge in [0.15, 0.2) is 0 Å². The zero-order chi connectivity index (χ0) is 23.7. The molecule has 0 saturated heterocycles. The van der Waals surface area contributed by atoms with Crippen LogP contribution in [0.2, 0.25) is 10.0 Å². The number of carbonyl (C=O) groups excluding carboxylic acids is 1. The van der Waals surface area contributed by atoms with E-state index in [-0.39, 0.29) is 5.91 Å². The van der Waals surface area contributed by atoms with Crippen LogP contribution in [0.1, 0.15) is 15.2 Å². The Bertz CT molecular complexity index is 1480. The van der Waals surface area contributed by atoms with E-state index < -0.39 is 0 Å². The molecule has 0 fully saturated rings. The van der Waals surface area contributed by atoms with Crippen molar-refractivity contribution in [1.29, 1.82) is 0 Å². The molecule has 5 aromatic rings. The van der Waals surface area contributed by atoms with E-state index in [0.717, 1.165) is 33.3 Å². The van der Waals surface area contributed by atoms with E-state index in [1.54, 1.807) is 0 Å². The number of nitrogens with one attached hydrogen (secondary N) is 1. The van der Waals surface area contributed by atoms with Crippen molar-refractivity contribution in [2.75, 3.05) is 5.73 Å². The Balaban J connectivity index is 1.61. The molecule has 168 valence electrons. The van der Waals surface area contributed by atoms with Crippen LogP contribution in [0.15, 0.2) is 84.9 Å². The second-order valence-electron chi connectivity index (χ2n) is 7.76. The fourth-order valence-electron chi connectivity index (χ4n) is 3.77. The number of carbonyl (C=O) groups is 1. The maximum absolute atomic E-state index is 13.1. The van der Waals surface area contributed by atoms with Gasteiger partial charge in [-0.1, -0.05) is 77.8 Å². The summed E-state index contributed by atoms with van der Waals surface area (Å²) in [6.07, 6.45) is 0. The minimum absolute atomic E-state index is 0.223. The quantitative estimate of drug-likeness (QED) is 0.261. The van der Waals surface area contributed by atoms with Gasteiger partial charge in [0.2, 0.25) is 0 Å². The van der Waals surface area contributed by atoms with Crippen LogP contribution in [-0.2, 0) is 6.54 Å². The molecule has 7 heteroatoms. The average molecular weight is 504 g/mol. The second-order valence-corrected chi connectivity index (χ2v) is 9.63. The number of aromatic nitrogens is 1. The van der Waals surface area contributed by atoms with E-state index in [1.807, 2.05) is 84.9 Å². The molecule has 1 amide bonds. The summed E-state index contributed by atoms with van der Waals surface area (Å²) in [5.74, 6) is -0.223. The summed E-state index contributed by atoms with van der Waals surface area (Å²) in [6.45, 7) is 0.418. The summed E-state index contributed by atoms with van der Waals surface area (Å²) in [5.41, 5.74) is 11.5. The third-order valence-electron chi connectivity index (χ3n) is 5.50. The number of rotatable bonds is 5. The van der Waals surface area contributed by atoms with Gasteiger partial charge in [-0.3, -0.25) is 4.79 Å². The molecule has 0 saturated carbocycles. The molecule has 3 aromatic carbocycles. The summed E-state index contributed by atoms with van der Waals surface area (Å²) in [4.78, 5) is 19.0. The number of nitrogen functional groups attached to an aromatic ring is 1. The van der Waals surface area contributed by atoms with Gasteiger partial charge in [0, 0.05) is 27.5 Å². The molecule has 0 spiro atoms. The molecule has 0 bridgehead atoms. The normalized spacial score (nSPS) is 11.0. The molecule has 0 unspecified atom stereocenters. The lowest BCUT2D eigenvalue weighted by molar-refractivity contribution is 0.0956. The predicted octanol–water partition coefficient (Wildman–Crippen LogP) is 7.45. The molecule has 0 aliphatic carbocycles. The van der Waals surface area contributed by atoms with Gasteiger partial charge in [-0.05, 0) is 47.0 Å². The van der Waals surface area contributed by atoms with Crippen LogP contribution >= 0.6 is 34.5 Å². The smallest absolute Gasteiger partial charge is 0.263 e. The lowest BCUT2D eigenvalue weighted by atomic mass is 9.99. The number of hydrogen-bond donors (Lipinski definition) is 2. The van der Waals surface area contributed by atoms with Crippen LogP contribution in [0.25, 0.3) is 32.6 Å². The van der Waals surface area contributed by atoms with E-state index in [1.165, 1.54) is 11.3 Å². The number of hydrogen-bond acceptors (Lipinski definition) is 4. The Morgan fingerprint density at radius 3 is 2.15 bits per heavy atom. The molecule has 0 aliphatic heterocycles. The van der Waals surface area contributed by atoms with Crippen LogP contribution in [0.4, 0.5) is 5.69 Å². The van der Waals surface area contributed by atoms with Gasteiger partial charge in [0.25, 0.3) is 5.91 Å². The van der Waals surface area contributed by atoms with Crippen molar-refractivity contribution >= 4 is 56.3 Å². The first kappa shape index (κ1) is 22.4. The number of fused-ring (bicyclic) bond motifs is 1. The summed E-state index contributed by atoms with van der Waals surface area (Å²) in [7, 11) is 0. The molecule has 0 aliphatic rings. The van der Waals surface area contributed by atoms with Crippen LogP contribution in [0.5, 0.6) is 0 Å². The van der Waals surface area contributed by atoms with Crippen molar-refractivity contribution in [3.8, 4) is 22.4 Å². The Kier molecular flexibility index (Phi) is 6.24. The van der Waals surface area contributed by atoms with Crippen molar-refractivity contribution in [1.82, 2.24) is 10.3 Å². The molecule has 5 rings (SSSR count). The number of pyridine rings is 1. The monoisotopic (exact) mass is 503 g/mol. The SMILES string of the molecule is Nc1c(C(=O)NCc2ccccc2)sc2nc(-c3ccc(Cl)cc3)cc(-c3ccc(Cl)cc3)c12.